The van der Waals surface area contributed by atoms with Gasteiger partial charge in [0.15, 0.2) is 6.29 Å². The molecule has 0 aromatic carbocycles. The van der Waals surface area contributed by atoms with Crippen molar-refractivity contribution in [2.75, 3.05) is 59.3 Å². The lowest BCUT2D eigenvalue weighted by atomic mass is 10.2. The molecule has 2 unspecified atom stereocenters. The topological polar surface area (TPSA) is 58.2 Å². The Kier molecular flexibility index (Phi) is 9.25. The monoisotopic (exact) mass is 303 g/mol. The first-order chi connectivity index (χ1) is 10.4. The van der Waals surface area contributed by atoms with Crippen LogP contribution in [0.15, 0.2) is 0 Å². The molecule has 6 nitrogen and oxygen atoms in total. The molecule has 6 heteroatoms. The van der Waals surface area contributed by atoms with Crippen molar-refractivity contribution in [2.45, 2.75) is 38.1 Å². The van der Waals surface area contributed by atoms with Gasteiger partial charge in [-0.1, -0.05) is 0 Å². The molecule has 2 atom stereocenters. The summed E-state index contributed by atoms with van der Waals surface area (Å²) in [6, 6.07) is 0. The van der Waals surface area contributed by atoms with Gasteiger partial charge in [0.25, 0.3) is 0 Å². The summed E-state index contributed by atoms with van der Waals surface area (Å²) in [5, 5.41) is 3.27. The number of hydrogen-bond acceptors (Lipinski definition) is 6. The predicted octanol–water partition coefficient (Wildman–Crippen LogP) is 0.941. The van der Waals surface area contributed by atoms with Gasteiger partial charge < -0.3 is 29.0 Å². The quantitative estimate of drug-likeness (QED) is 0.573. The largest absolute Gasteiger partial charge is 0.377 e. The predicted molar refractivity (Wildman–Crippen MR) is 78.4 cm³/mol. The Hall–Kier alpha value is -0.240. The van der Waals surface area contributed by atoms with Gasteiger partial charge in [0.05, 0.1) is 45.7 Å². The van der Waals surface area contributed by atoms with Crippen molar-refractivity contribution in [2.24, 2.45) is 0 Å². The van der Waals surface area contributed by atoms with Crippen molar-refractivity contribution in [3.05, 3.63) is 0 Å². The molecule has 0 radical (unpaired) electrons. The number of nitrogens with one attached hydrogen (secondary N) is 1. The van der Waals surface area contributed by atoms with Gasteiger partial charge in [-0.3, -0.25) is 0 Å². The van der Waals surface area contributed by atoms with Gasteiger partial charge in [-0.15, -0.1) is 0 Å². The zero-order chi connectivity index (χ0) is 14.6. The Morgan fingerprint density at radius 1 is 0.857 bits per heavy atom. The molecule has 0 amide bonds. The lowest BCUT2D eigenvalue weighted by Crippen LogP contribution is -2.24. The summed E-state index contributed by atoms with van der Waals surface area (Å²) in [5.74, 6) is 0. The van der Waals surface area contributed by atoms with Gasteiger partial charge in [0.2, 0.25) is 0 Å². The lowest BCUT2D eigenvalue weighted by Gasteiger charge is -2.22. The van der Waals surface area contributed by atoms with Crippen LogP contribution in [-0.2, 0) is 23.7 Å². The maximum Gasteiger partial charge on any atom is 0.157 e. The molecule has 124 valence electrons. The van der Waals surface area contributed by atoms with E-state index in [1.54, 1.807) is 0 Å². The normalized spacial score (nSPS) is 26.3. The second-order valence-electron chi connectivity index (χ2n) is 5.38. The van der Waals surface area contributed by atoms with Crippen molar-refractivity contribution < 1.29 is 23.7 Å². The summed E-state index contributed by atoms with van der Waals surface area (Å²) in [7, 11) is 0. The maximum atomic E-state index is 5.65. The van der Waals surface area contributed by atoms with Gasteiger partial charge in [-0.25, -0.2) is 0 Å². The van der Waals surface area contributed by atoms with Crippen LogP contribution in [0.5, 0.6) is 0 Å². The highest BCUT2D eigenvalue weighted by Gasteiger charge is 2.14. The number of ether oxygens (including phenoxy) is 5. The maximum absolute atomic E-state index is 5.65. The molecule has 0 aliphatic carbocycles. The Labute approximate surface area is 127 Å². The smallest absolute Gasteiger partial charge is 0.157 e. The average molecular weight is 303 g/mol. The van der Waals surface area contributed by atoms with E-state index in [4.69, 9.17) is 23.7 Å². The van der Waals surface area contributed by atoms with Crippen LogP contribution >= 0.6 is 0 Å². The van der Waals surface area contributed by atoms with E-state index >= 15 is 0 Å². The van der Waals surface area contributed by atoms with E-state index in [0.717, 1.165) is 39.0 Å². The minimum Gasteiger partial charge on any atom is -0.377 e. The van der Waals surface area contributed by atoms with E-state index in [1.807, 2.05) is 0 Å². The fraction of sp³-hybridized carbons (Fsp3) is 1.00. The summed E-state index contributed by atoms with van der Waals surface area (Å²) in [6.07, 6.45) is 4.78. The third-order valence-corrected chi connectivity index (χ3v) is 3.64. The molecular formula is C15H29NO5. The van der Waals surface area contributed by atoms with Crippen LogP contribution in [0.2, 0.25) is 0 Å². The van der Waals surface area contributed by atoms with Gasteiger partial charge >= 0.3 is 0 Å². The fourth-order valence-corrected chi connectivity index (χ4v) is 2.45. The highest BCUT2D eigenvalue weighted by atomic mass is 16.7. The zero-order valence-corrected chi connectivity index (χ0v) is 12.9. The molecular weight excluding hydrogens is 274 g/mol. The van der Waals surface area contributed by atoms with Crippen molar-refractivity contribution >= 4 is 0 Å². The molecule has 2 aliphatic heterocycles. The minimum atomic E-state index is -0.0270. The molecule has 0 spiro atoms. The third-order valence-electron chi connectivity index (χ3n) is 3.64. The summed E-state index contributed by atoms with van der Waals surface area (Å²) in [5.41, 5.74) is 0. The molecule has 1 N–H and O–H groups in total. The summed E-state index contributed by atoms with van der Waals surface area (Å²) < 4.78 is 27.6. The second kappa shape index (κ2) is 11.3. The summed E-state index contributed by atoms with van der Waals surface area (Å²) >= 11 is 0. The second-order valence-corrected chi connectivity index (χ2v) is 5.38. The first-order valence-electron chi connectivity index (χ1n) is 8.16. The molecule has 2 saturated heterocycles. The third kappa shape index (κ3) is 8.09. The van der Waals surface area contributed by atoms with Crippen molar-refractivity contribution in [3.8, 4) is 0 Å². The van der Waals surface area contributed by atoms with Gasteiger partial charge in [0, 0.05) is 13.2 Å². The first-order valence-corrected chi connectivity index (χ1v) is 8.16. The summed E-state index contributed by atoms with van der Waals surface area (Å²) in [4.78, 5) is 0. The molecule has 2 rings (SSSR count). The van der Waals surface area contributed by atoms with Gasteiger partial charge in [-0.05, 0) is 32.2 Å². The molecule has 21 heavy (non-hydrogen) atoms. The van der Waals surface area contributed by atoms with Crippen LogP contribution in [-0.4, -0.2) is 71.7 Å². The summed E-state index contributed by atoms with van der Waals surface area (Å²) in [6.45, 7) is 6.52. The molecule has 0 saturated carbocycles. The van der Waals surface area contributed by atoms with Crippen LogP contribution in [0.4, 0.5) is 0 Å². The molecule has 0 aromatic rings. The van der Waals surface area contributed by atoms with E-state index in [9.17, 15) is 0 Å². The highest BCUT2D eigenvalue weighted by Crippen LogP contribution is 2.13. The van der Waals surface area contributed by atoms with E-state index < -0.39 is 0 Å². The van der Waals surface area contributed by atoms with Gasteiger partial charge in [0.1, 0.15) is 0 Å². The Balaban J connectivity index is 1.27. The van der Waals surface area contributed by atoms with Crippen LogP contribution in [0, 0.1) is 0 Å². The SMILES string of the molecule is C1CCC(OCCOCCOCCOC2CCNC2)OC1. The minimum absolute atomic E-state index is 0.0270. The Bertz CT molecular complexity index is 242. The molecule has 0 aromatic heterocycles. The Morgan fingerprint density at radius 3 is 2.29 bits per heavy atom. The van der Waals surface area contributed by atoms with Crippen molar-refractivity contribution in [3.63, 3.8) is 0 Å². The Morgan fingerprint density at radius 2 is 1.62 bits per heavy atom. The molecule has 2 fully saturated rings. The molecule has 0 bridgehead atoms. The van der Waals surface area contributed by atoms with Gasteiger partial charge in [-0.2, -0.15) is 0 Å². The standard InChI is InChI=1S/C15H29NO5/c1-2-6-20-15(3-1)21-12-10-18-8-7-17-9-11-19-14-4-5-16-13-14/h14-16H,1-13H2. The average Bonchev–Trinajstić information content (AvgIpc) is 3.03. The zero-order valence-electron chi connectivity index (χ0n) is 12.9. The lowest BCUT2D eigenvalue weighted by molar-refractivity contribution is -0.169. The van der Waals surface area contributed by atoms with E-state index in [2.05, 4.69) is 5.32 Å². The van der Waals surface area contributed by atoms with Crippen molar-refractivity contribution in [1.82, 2.24) is 5.32 Å². The van der Waals surface area contributed by atoms with Crippen LogP contribution in [0.1, 0.15) is 25.7 Å². The number of hydrogen-bond donors (Lipinski definition) is 1. The van der Waals surface area contributed by atoms with E-state index in [-0.39, 0.29) is 6.29 Å². The van der Waals surface area contributed by atoms with E-state index in [1.165, 1.54) is 6.42 Å². The number of rotatable bonds is 11. The van der Waals surface area contributed by atoms with Crippen molar-refractivity contribution in [1.29, 1.82) is 0 Å². The van der Waals surface area contributed by atoms with E-state index in [0.29, 0.717) is 45.7 Å². The molecule has 2 heterocycles. The highest BCUT2D eigenvalue weighted by molar-refractivity contribution is 4.70. The van der Waals surface area contributed by atoms with Crippen LogP contribution in [0.25, 0.3) is 0 Å². The first kappa shape index (κ1) is 17.1. The van der Waals surface area contributed by atoms with Crippen LogP contribution < -0.4 is 5.32 Å². The fourth-order valence-electron chi connectivity index (χ4n) is 2.45. The van der Waals surface area contributed by atoms with Crippen LogP contribution in [0.3, 0.4) is 0 Å². The molecule has 2 aliphatic rings.